The van der Waals surface area contributed by atoms with E-state index in [9.17, 15) is 0 Å². The molecule has 0 aromatic heterocycles. The molecule has 0 spiro atoms. The van der Waals surface area contributed by atoms with Crippen molar-refractivity contribution in [2.24, 2.45) is 5.10 Å². The van der Waals surface area contributed by atoms with Gasteiger partial charge in [-0.3, -0.25) is 5.43 Å². The maximum atomic E-state index is 5.51. The first-order chi connectivity index (χ1) is 3.89. The lowest BCUT2D eigenvalue weighted by atomic mass is 10.5. The van der Waals surface area contributed by atoms with Crippen LogP contribution in [-0.4, -0.2) is 6.21 Å². The lowest BCUT2D eigenvalue weighted by molar-refractivity contribution is 0.957. The molecule has 1 N–H and O–H groups in total. The molecule has 0 saturated heterocycles. The highest BCUT2D eigenvalue weighted by Crippen LogP contribution is 1.96. The van der Waals surface area contributed by atoms with E-state index in [4.69, 9.17) is 11.6 Å². The lowest BCUT2D eigenvalue weighted by Gasteiger charge is -1.89. The molecule has 0 unspecified atom stereocenters. The molecule has 1 aliphatic rings. The van der Waals surface area contributed by atoms with Gasteiger partial charge in [-0.25, -0.2) is 0 Å². The summed E-state index contributed by atoms with van der Waals surface area (Å²) in [6, 6.07) is 0. The van der Waals surface area contributed by atoms with E-state index in [0.29, 0.717) is 5.16 Å². The van der Waals surface area contributed by atoms with E-state index >= 15 is 0 Å². The zero-order valence-corrected chi connectivity index (χ0v) is 4.89. The fraction of sp³-hybridized carbons (Fsp3) is 0. The van der Waals surface area contributed by atoms with Crippen molar-refractivity contribution in [1.82, 2.24) is 5.43 Å². The van der Waals surface area contributed by atoms with Crippen LogP contribution in [0.2, 0.25) is 0 Å². The second-order valence-electron chi connectivity index (χ2n) is 1.29. The summed E-state index contributed by atoms with van der Waals surface area (Å²) in [4.78, 5) is 0. The van der Waals surface area contributed by atoms with Crippen LogP contribution in [0.3, 0.4) is 0 Å². The van der Waals surface area contributed by atoms with Gasteiger partial charge in [0.1, 0.15) is 5.16 Å². The van der Waals surface area contributed by atoms with Gasteiger partial charge in [0, 0.05) is 6.21 Å². The van der Waals surface area contributed by atoms with Gasteiger partial charge in [-0.05, 0) is 12.2 Å². The summed E-state index contributed by atoms with van der Waals surface area (Å²) in [5.74, 6) is 0. The molecule has 8 heavy (non-hydrogen) atoms. The third kappa shape index (κ3) is 1.39. The largest absolute Gasteiger partial charge is 0.267 e. The highest BCUT2D eigenvalue weighted by Gasteiger charge is 1.84. The molecule has 42 valence electrons. The SMILES string of the molecule is ClC1=CC=CC=NN1. The molecular formula is C5H5ClN2. The minimum atomic E-state index is 0.537. The zero-order chi connectivity index (χ0) is 5.82. The summed E-state index contributed by atoms with van der Waals surface area (Å²) in [5.41, 5.74) is 2.58. The molecule has 0 saturated carbocycles. The van der Waals surface area contributed by atoms with Crippen LogP contribution < -0.4 is 5.43 Å². The molecule has 0 fully saturated rings. The predicted molar refractivity (Wildman–Crippen MR) is 34.7 cm³/mol. The van der Waals surface area contributed by atoms with Crippen LogP contribution >= 0.6 is 11.6 Å². The molecule has 0 aliphatic carbocycles. The summed E-state index contributed by atoms with van der Waals surface area (Å²) in [6.45, 7) is 0. The normalized spacial score (nSPS) is 16.9. The molecule has 1 aliphatic heterocycles. The maximum absolute atomic E-state index is 5.51. The third-order valence-corrected chi connectivity index (χ3v) is 0.896. The Morgan fingerprint density at radius 1 is 1.50 bits per heavy atom. The van der Waals surface area contributed by atoms with Gasteiger partial charge in [0.2, 0.25) is 0 Å². The smallest absolute Gasteiger partial charge is 0.122 e. The van der Waals surface area contributed by atoms with Gasteiger partial charge >= 0.3 is 0 Å². The molecule has 0 amide bonds. The number of hydrogen-bond acceptors (Lipinski definition) is 2. The Labute approximate surface area is 52.5 Å². The molecule has 3 heteroatoms. The van der Waals surface area contributed by atoms with E-state index in [1.807, 2.05) is 6.08 Å². The van der Waals surface area contributed by atoms with Crippen molar-refractivity contribution in [3.63, 3.8) is 0 Å². The second kappa shape index (κ2) is 2.52. The Morgan fingerprint density at radius 2 is 2.38 bits per heavy atom. The molecule has 2 nitrogen and oxygen atoms in total. The monoisotopic (exact) mass is 128 g/mol. The van der Waals surface area contributed by atoms with E-state index in [0.717, 1.165) is 0 Å². The van der Waals surface area contributed by atoms with Crippen molar-refractivity contribution in [1.29, 1.82) is 0 Å². The Balaban J connectivity index is 2.69. The summed E-state index contributed by atoms with van der Waals surface area (Å²) in [5, 5.41) is 4.23. The average molecular weight is 129 g/mol. The molecule has 0 aromatic carbocycles. The summed E-state index contributed by atoms with van der Waals surface area (Å²) in [7, 11) is 0. The van der Waals surface area contributed by atoms with Gasteiger partial charge in [-0.1, -0.05) is 17.7 Å². The number of nitrogens with zero attached hydrogens (tertiary/aromatic N) is 1. The Hall–Kier alpha value is -0.760. The molecule has 0 radical (unpaired) electrons. The van der Waals surface area contributed by atoms with Gasteiger partial charge < -0.3 is 0 Å². The lowest BCUT2D eigenvalue weighted by Crippen LogP contribution is -1.96. The molecule has 0 aromatic rings. The fourth-order valence-corrected chi connectivity index (χ4v) is 0.490. The van der Waals surface area contributed by atoms with Crippen molar-refractivity contribution in [3.05, 3.63) is 23.4 Å². The number of hydrazone groups is 1. The van der Waals surface area contributed by atoms with Crippen molar-refractivity contribution in [2.75, 3.05) is 0 Å². The maximum Gasteiger partial charge on any atom is 0.122 e. The van der Waals surface area contributed by atoms with E-state index < -0.39 is 0 Å². The second-order valence-corrected chi connectivity index (χ2v) is 1.70. The summed E-state index contributed by atoms with van der Waals surface area (Å²) >= 11 is 5.51. The summed E-state index contributed by atoms with van der Waals surface area (Å²) in [6.07, 6.45) is 6.97. The van der Waals surface area contributed by atoms with Crippen molar-refractivity contribution in [3.8, 4) is 0 Å². The van der Waals surface area contributed by atoms with Crippen LogP contribution in [-0.2, 0) is 0 Å². The number of halogens is 1. The Bertz CT molecular complexity index is 158. The van der Waals surface area contributed by atoms with Crippen LogP contribution in [0, 0.1) is 0 Å². The minimum Gasteiger partial charge on any atom is -0.267 e. The van der Waals surface area contributed by atoms with E-state index in [1.165, 1.54) is 0 Å². The molecular weight excluding hydrogens is 124 g/mol. The average Bonchev–Trinajstić information content (AvgIpc) is 1.94. The first-order valence-electron chi connectivity index (χ1n) is 2.21. The first-order valence-corrected chi connectivity index (χ1v) is 2.59. The van der Waals surface area contributed by atoms with Gasteiger partial charge in [-0.2, -0.15) is 5.10 Å². The van der Waals surface area contributed by atoms with Crippen LogP contribution in [0.1, 0.15) is 0 Å². The van der Waals surface area contributed by atoms with E-state index in [2.05, 4.69) is 10.5 Å². The molecule has 1 rings (SSSR count). The molecule has 0 atom stereocenters. The first kappa shape index (κ1) is 5.38. The van der Waals surface area contributed by atoms with Gasteiger partial charge in [0.15, 0.2) is 0 Å². The minimum absolute atomic E-state index is 0.537. The Morgan fingerprint density at radius 3 is 3.25 bits per heavy atom. The van der Waals surface area contributed by atoms with E-state index in [1.54, 1.807) is 18.4 Å². The predicted octanol–water partition coefficient (Wildman–Crippen LogP) is 1.21. The highest BCUT2D eigenvalue weighted by atomic mass is 35.5. The van der Waals surface area contributed by atoms with Crippen molar-refractivity contribution in [2.45, 2.75) is 0 Å². The van der Waals surface area contributed by atoms with Crippen LogP contribution in [0.15, 0.2) is 28.5 Å². The molecule has 0 bridgehead atoms. The van der Waals surface area contributed by atoms with Gasteiger partial charge in [0.05, 0.1) is 0 Å². The molecule has 1 heterocycles. The van der Waals surface area contributed by atoms with E-state index in [-0.39, 0.29) is 0 Å². The topological polar surface area (TPSA) is 24.4 Å². The fourth-order valence-electron chi connectivity index (χ4n) is 0.369. The van der Waals surface area contributed by atoms with Gasteiger partial charge in [-0.15, -0.1) is 0 Å². The van der Waals surface area contributed by atoms with Crippen LogP contribution in [0.4, 0.5) is 0 Å². The Kier molecular flexibility index (Phi) is 1.70. The number of allylic oxidation sites excluding steroid dienone is 3. The standard InChI is InChI=1S/C5H5ClN2/c6-5-3-1-2-4-7-8-5/h1-4,8H. The quantitative estimate of drug-likeness (QED) is 0.488. The zero-order valence-electron chi connectivity index (χ0n) is 4.13. The van der Waals surface area contributed by atoms with Crippen molar-refractivity contribution >= 4 is 17.8 Å². The highest BCUT2D eigenvalue weighted by molar-refractivity contribution is 6.29. The van der Waals surface area contributed by atoms with Crippen LogP contribution in [0.5, 0.6) is 0 Å². The number of rotatable bonds is 0. The van der Waals surface area contributed by atoms with Crippen LogP contribution in [0.25, 0.3) is 0 Å². The third-order valence-electron chi connectivity index (χ3n) is 0.686. The number of hydrogen-bond donors (Lipinski definition) is 1. The summed E-state index contributed by atoms with van der Waals surface area (Å²) < 4.78 is 0. The van der Waals surface area contributed by atoms with Crippen molar-refractivity contribution < 1.29 is 0 Å². The van der Waals surface area contributed by atoms with Gasteiger partial charge in [0.25, 0.3) is 0 Å². The number of nitrogens with one attached hydrogen (secondary N) is 1.